The average molecular weight is 208 g/mol. The molecule has 0 bridgehead atoms. The van der Waals surface area contributed by atoms with Gasteiger partial charge in [-0.1, -0.05) is 6.92 Å². The summed E-state index contributed by atoms with van der Waals surface area (Å²) in [6, 6.07) is 0. The summed E-state index contributed by atoms with van der Waals surface area (Å²) in [6.07, 6.45) is 0.420. The molecule has 0 spiro atoms. The highest BCUT2D eigenvalue weighted by Gasteiger charge is 2.16. The van der Waals surface area contributed by atoms with Gasteiger partial charge in [-0.15, -0.1) is 11.6 Å². The fourth-order valence-electron chi connectivity index (χ4n) is 0.653. The number of alkyl halides is 1. The molecule has 0 radical (unpaired) electrons. The van der Waals surface area contributed by atoms with Crippen molar-refractivity contribution in [3.8, 4) is 0 Å². The van der Waals surface area contributed by atoms with Crippen molar-refractivity contribution < 1.29 is 9.53 Å². The summed E-state index contributed by atoms with van der Waals surface area (Å²) >= 11 is 5.81. The third-order valence-electron chi connectivity index (χ3n) is 1.31. The average Bonchev–Trinajstić information content (AvgIpc) is 1.97. The molecule has 1 N–H and O–H groups in total. The van der Waals surface area contributed by atoms with E-state index in [9.17, 15) is 4.79 Å². The minimum Gasteiger partial charge on any atom is -0.444 e. The second-order valence-electron chi connectivity index (χ2n) is 3.89. The number of halogens is 1. The number of hydrogen-bond acceptors (Lipinski definition) is 2. The van der Waals surface area contributed by atoms with E-state index in [1.165, 1.54) is 0 Å². The molecule has 0 aromatic rings. The van der Waals surface area contributed by atoms with Crippen LogP contribution in [0.4, 0.5) is 4.79 Å². The number of alkyl carbamates (subject to hydrolysis) is 1. The van der Waals surface area contributed by atoms with Crippen LogP contribution in [0.15, 0.2) is 0 Å². The monoisotopic (exact) mass is 207 g/mol. The van der Waals surface area contributed by atoms with Crippen molar-refractivity contribution in [3.05, 3.63) is 0 Å². The molecule has 0 fully saturated rings. The zero-order chi connectivity index (χ0) is 10.5. The molecule has 3 nitrogen and oxygen atoms in total. The fourth-order valence-corrected chi connectivity index (χ4v) is 0.730. The number of amides is 1. The summed E-state index contributed by atoms with van der Waals surface area (Å²) in [4.78, 5) is 11.1. The van der Waals surface area contributed by atoms with Crippen LogP contribution in [0.2, 0.25) is 0 Å². The lowest BCUT2D eigenvalue weighted by molar-refractivity contribution is 0.0527. The zero-order valence-corrected chi connectivity index (χ0v) is 9.44. The van der Waals surface area contributed by atoms with E-state index in [0.717, 1.165) is 6.42 Å². The Kier molecular flexibility index (Phi) is 5.14. The smallest absolute Gasteiger partial charge is 0.407 e. The van der Waals surface area contributed by atoms with Crippen LogP contribution in [0.3, 0.4) is 0 Å². The first-order valence-corrected chi connectivity index (χ1v) is 4.89. The SMILES string of the molecule is CCC(Cl)CNC(=O)OC(C)(C)C. The molecule has 0 aromatic heterocycles. The Morgan fingerprint density at radius 1 is 1.54 bits per heavy atom. The predicted molar refractivity (Wildman–Crippen MR) is 54.2 cm³/mol. The number of carbonyl (C=O) groups is 1. The number of carbonyl (C=O) groups excluding carboxylic acids is 1. The first-order valence-electron chi connectivity index (χ1n) is 4.46. The van der Waals surface area contributed by atoms with Gasteiger partial charge in [0, 0.05) is 6.54 Å². The number of nitrogens with one attached hydrogen (secondary N) is 1. The molecule has 0 aliphatic heterocycles. The Morgan fingerprint density at radius 3 is 2.46 bits per heavy atom. The summed E-state index contributed by atoms with van der Waals surface area (Å²) < 4.78 is 5.02. The quantitative estimate of drug-likeness (QED) is 0.723. The Hall–Kier alpha value is -0.440. The van der Waals surface area contributed by atoms with Crippen LogP contribution in [-0.4, -0.2) is 23.6 Å². The van der Waals surface area contributed by atoms with Crippen molar-refractivity contribution in [1.82, 2.24) is 5.32 Å². The van der Waals surface area contributed by atoms with E-state index in [4.69, 9.17) is 16.3 Å². The van der Waals surface area contributed by atoms with Crippen LogP contribution in [0, 0.1) is 0 Å². The largest absolute Gasteiger partial charge is 0.444 e. The van der Waals surface area contributed by atoms with Gasteiger partial charge in [-0.2, -0.15) is 0 Å². The van der Waals surface area contributed by atoms with Crippen LogP contribution < -0.4 is 5.32 Å². The van der Waals surface area contributed by atoms with Crippen LogP contribution in [0.1, 0.15) is 34.1 Å². The van der Waals surface area contributed by atoms with Crippen LogP contribution in [0.5, 0.6) is 0 Å². The van der Waals surface area contributed by atoms with E-state index in [1.807, 2.05) is 27.7 Å². The lowest BCUT2D eigenvalue weighted by Crippen LogP contribution is -2.35. The number of rotatable bonds is 3. The van der Waals surface area contributed by atoms with Gasteiger partial charge in [-0.05, 0) is 27.2 Å². The minimum atomic E-state index is -0.446. The third-order valence-corrected chi connectivity index (χ3v) is 1.77. The highest BCUT2D eigenvalue weighted by molar-refractivity contribution is 6.20. The molecule has 1 amide bonds. The summed E-state index contributed by atoms with van der Waals surface area (Å²) in [5.74, 6) is 0. The Balaban J connectivity index is 3.64. The second kappa shape index (κ2) is 5.32. The van der Waals surface area contributed by atoms with Gasteiger partial charge in [0.15, 0.2) is 0 Å². The Bertz CT molecular complexity index is 165. The number of ether oxygens (including phenoxy) is 1. The van der Waals surface area contributed by atoms with Crippen molar-refractivity contribution in [2.75, 3.05) is 6.54 Å². The molecule has 0 aliphatic carbocycles. The molecule has 0 saturated heterocycles. The molecule has 1 unspecified atom stereocenters. The minimum absolute atomic E-state index is 0.0208. The topological polar surface area (TPSA) is 38.3 Å². The molecule has 0 rings (SSSR count). The van der Waals surface area contributed by atoms with Gasteiger partial charge in [0.1, 0.15) is 5.60 Å². The maximum absolute atomic E-state index is 11.1. The molecule has 1 atom stereocenters. The first-order chi connectivity index (χ1) is 5.85. The van der Waals surface area contributed by atoms with Gasteiger partial charge in [-0.3, -0.25) is 0 Å². The predicted octanol–water partition coefficient (Wildman–Crippen LogP) is 2.53. The van der Waals surface area contributed by atoms with Gasteiger partial charge >= 0.3 is 6.09 Å². The molecule has 0 heterocycles. The Morgan fingerprint density at radius 2 is 2.08 bits per heavy atom. The van der Waals surface area contributed by atoms with Gasteiger partial charge < -0.3 is 10.1 Å². The van der Waals surface area contributed by atoms with Crippen molar-refractivity contribution >= 4 is 17.7 Å². The van der Waals surface area contributed by atoms with Crippen LogP contribution in [0.25, 0.3) is 0 Å². The second-order valence-corrected chi connectivity index (χ2v) is 4.51. The van der Waals surface area contributed by atoms with Crippen molar-refractivity contribution in [2.45, 2.75) is 45.1 Å². The standard InChI is InChI=1S/C9H18ClNO2/c1-5-7(10)6-11-8(12)13-9(2,3)4/h7H,5-6H2,1-4H3,(H,11,12). The number of hydrogen-bond donors (Lipinski definition) is 1. The van der Waals surface area contributed by atoms with Crippen molar-refractivity contribution in [2.24, 2.45) is 0 Å². The summed E-state index contributed by atoms with van der Waals surface area (Å²) in [5.41, 5.74) is -0.446. The summed E-state index contributed by atoms with van der Waals surface area (Å²) in [5, 5.41) is 2.58. The lowest BCUT2D eigenvalue weighted by Gasteiger charge is -2.20. The Labute approximate surface area is 84.8 Å². The van der Waals surface area contributed by atoms with E-state index in [2.05, 4.69) is 5.32 Å². The van der Waals surface area contributed by atoms with Gasteiger partial charge in [0.25, 0.3) is 0 Å². The van der Waals surface area contributed by atoms with E-state index in [-0.39, 0.29) is 5.38 Å². The molecular weight excluding hydrogens is 190 g/mol. The van der Waals surface area contributed by atoms with E-state index < -0.39 is 11.7 Å². The normalized spacial score (nSPS) is 13.6. The molecule has 0 aromatic carbocycles. The highest BCUT2D eigenvalue weighted by Crippen LogP contribution is 2.06. The first kappa shape index (κ1) is 12.6. The molecule has 78 valence electrons. The van der Waals surface area contributed by atoms with E-state index in [1.54, 1.807) is 0 Å². The molecule has 0 saturated carbocycles. The maximum atomic E-state index is 11.1. The van der Waals surface area contributed by atoms with Crippen molar-refractivity contribution in [3.63, 3.8) is 0 Å². The van der Waals surface area contributed by atoms with Gasteiger partial charge in [-0.25, -0.2) is 4.79 Å². The summed E-state index contributed by atoms with van der Waals surface area (Å²) in [7, 11) is 0. The third kappa shape index (κ3) is 7.91. The molecule has 0 aliphatic rings. The lowest BCUT2D eigenvalue weighted by atomic mass is 10.2. The maximum Gasteiger partial charge on any atom is 0.407 e. The molecular formula is C9H18ClNO2. The van der Waals surface area contributed by atoms with E-state index in [0.29, 0.717) is 6.54 Å². The van der Waals surface area contributed by atoms with Crippen molar-refractivity contribution in [1.29, 1.82) is 0 Å². The molecule has 13 heavy (non-hydrogen) atoms. The van der Waals surface area contributed by atoms with Gasteiger partial charge in [0.05, 0.1) is 5.38 Å². The highest BCUT2D eigenvalue weighted by atomic mass is 35.5. The van der Waals surface area contributed by atoms with Crippen LogP contribution >= 0.6 is 11.6 Å². The fraction of sp³-hybridized carbons (Fsp3) is 0.889. The summed E-state index contributed by atoms with van der Waals surface area (Å²) in [6.45, 7) is 7.89. The zero-order valence-electron chi connectivity index (χ0n) is 8.69. The van der Waals surface area contributed by atoms with E-state index >= 15 is 0 Å². The van der Waals surface area contributed by atoms with Crippen LogP contribution in [-0.2, 0) is 4.74 Å². The molecule has 4 heteroatoms. The van der Waals surface area contributed by atoms with Gasteiger partial charge in [0.2, 0.25) is 0 Å².